The predicted molar refractivity (Wildman–Crippen MR) is 133 cm³/mol. The molecule has 3 aromatic rings. The van der Waals surface area contributed by atoms with E-state index in [0.29, 0.717) is 5.82 Å². The number of aromatic nitrogens is 2. The molecule has 0 radical (unpaired) electrons. The third-order valence-corrected chi connectivity index (χ3v) is 6.09. The Morgan fingerprint density at radius 1 is 1.00 bits per heavy atom. The Morgan fingerprint density at radius 3 is 2.30 bits per heavy atom. The van der Waals surface area contributed by atoms with Crippen molar-refractivity contribution in [1.29, 1.82) is 0 Å². The molecule has 0 saturated heterocycles. The van der Waals surface area contributed by atoms with Gasteiger partial charge in [-0.05, 0) is 50.5 Å². The molecule has 3 rings (SSSR count). The number of carbonyl (C=O) groups excluding carboxylic acids is 2. The van der Waals surface area contributed by atoms with Gasteiger partial charge in [0, 0.05) is 18.2 Å². The molecule has 1 N–H and O–H groups in total. The van der Waals surface area contributed by atoms with Crippen LogP contribution in [-0.4, -0.2) is 38.3 Å². The lowest BCUT2D eigenvalue weighted by molar-refractivity contribution is -0.136. The molecule has 0 fully saturated rings. The number of hydrogen-bond acceptors (Lipinski definition) is 3. The monoisotopic (exact) mass is 446 g/mol. The van der Waals surface area contributed by atoms with E-state index in [2.05, 4.69) is 33.0 Å². The van der Waals surface area contributed by atoms with E-state index in [0.717, 1.165) is 29.4 Å². The summed E-state index contributed by atoms with van der Waals surface area (Å²) < 4.78 is 1.93. The minimum Gasteiger partial charge on any atom is -0.345 e. The second-order valence-electron chi connectivity index (χ2n) is 8.38. The van der Waals surface area contributed by atoms with Crippen molar-refractivity contribution >= 4 is 28.9 Å². The van der Waals surface area contributed by atoms with Crippen molar-refractivity contribution in [2.24, 2.45) is 0 Å². The standard InChI is InChI=1S/C27H34N4O2/c1-5-20(3)31(21(4)6-2)27(33)19-30-24-15-11-10-14-23(24)29-25(30)18-28-26(32)17-16-22-12-8-7-9-13-22/h7-17,20-21H,5-6,18-19H2,1-4H3,(H,28,32)/b17-16-. The van der Waals surface area contributed by atoms with Gasteiger partial charge in [-0.1, -0.05) is 56.3 Å². The summed E-state index contributed by atoms with van der Waals surface area (Å²) in [7, 11) is 0. The molecule has 1 aromatic heterocycles. The van der Waals surface area contributed by atoms with E-state index in [4.69, 9.17) is 4.98 Å². The van der Waals surface area contributed by atoms with Gasteiger partial charge in [-0.3, -0.25) is 9.59 Å². The van der Waals surface area contributed by atoms with Crippen molar-refractivity contribution in [2.75, 3.05) is 0 Å². The molecule has 6 nitrogen and oxygen atoms in total. The van der Waals surface area contributed by atoms with Crippen molar-refractivity contribution in [2.45, 2.75) is 65.7 Å². The molecule has 0 aliphatic carbocycles. The topological polar surface area (TPSA) is 67.2 Å². The van der Waals surface area contributed by atoms with Crippen LogP contribution in [0.15, 0.2) is 60.7 Å². The summed E-state index contributed by atoms with van der Waals surface area (Å²) >= 11 is 0. The lowest BCUT2D eigenvalue weighted by atomic mass is 10.1. The van der Waals surface area contributed by atoms with Crippen LogP contribution in [0, 0.1) is 0 Å². The second-order valence-corrected chi connectivity index (χ2v) is 8.38. The average molecular weight is 447 g/mol. The zero-order chi connectivity index (χ0) is 23.8. The molecule has 2 aromatic carbocycles. The van der Waals surface area contributed by atoms with Crippen LogP contribution in [0.2, 0.25) is 0 Å². The van der Waals surface area contributed by atoms with Crippen LogP contribution in [0.5, 0.6) is 0 Å². The van der Waals surface area contributed by atoms with Crippen LogP contribution >= 0.6 is 0 Å². The van der Waals surface area contributed by atoms with E-state index < -0.39 is 0 Å². The summed E-state index contributed by atoms with van der Waals surface area (Å²) in [5.41, 5.74) is 2.66. The maximum absolute atomic E-state index is 13.4. The Bertz CT molecular complexity index is 1090. The van der Waals surface area contributed by atoms with Crippen LogP contribution < -0.4 is 5.32 Å². The normalized spacial score (nSPS) is 13.2. The largest absolute Gasteiger partial charge is 0.345 e. The summed E-state index contributed by atoms with van der Waals surface area (Å²) in [6, 6.07) is 17.8. The Kier molecular flexibility index (Phi) is 8.41. The number of hydrogen-bond donors (Lipinski definition) is 1. The van der Waals surface area contributed by atoms with Crippen molar-refractivity contribution in [3.8, 4) is 0 Å². The quantitative estimate of drug-likeness (QED) is 0.455. The number of nitrogens with one attached hydrogen (secondary N) is 1. The van der Waals surface area contributed by atoms with E-state index in [1.54, 1.807) is 6.08 Å². The molecular weight excluding hydrogens is 412 g/mol. The minimum atomic E-state index is -0.204. The molecule has 2 unspecified atom stereocenters. The summed E-state index contributed by atoms with van der Waals surface area (Å²) in [6.07, 6.45) is 5.09. The first-order chi connectivity index (χ1) is 15.9. The lowest BCUT2D eigenvalue weighted by Gasteiger charge is -2.34. The molecule has 0 spiro atoms. The molecule has 0 aliphatic rings. The third-order valence-electron chi connectivity index (χ3n) is 6.09. The van der Waals surface area contributed by atoms with Gasteiger partial charge in [-0.2, -0.15) is 0 Å². The molecule has 174 valence electrons. The van der Waals surface area contributed by atoms with Gasteiger partial charge in [0.05, 0.1) is 17.6 Å². The van der Waals surface area contributed by atoms with Gasteiger partial charge in [-0.25, -0.2) is 4.98 Å². The maximum Gasteiger partial charge on any atom is 0.244 e. The van der Waals surface area contributed by atoms with Gasteiger partial charge in [0.2, 0.25) is 11.8 Å². The summed E-state index contributed by atoms with van der Waals surface area (Å²) in [5.74, 6) is 0.530. The molecule has 0 saturated carbocycles. The number of rotatable bonds is 10. The van der Waals surface area contributed by atoms with E-state index in [9.17, 15) is 9.59 Å². The smallest absolute Gasteiger partial charge is 0.244 e. The number of fused-ring (bicyclic) bond motifs is 1. The predicted octanol–water partition coefficient (Wildman–Crippen LogP) is 4.79. The highest BCUT2D eigenvalue weighted by molar-refractivity contribution is 5.91. The fraction of sp³-hybridized carbons (Fsp3) is 0.370. The first-order valence-electron chi connectivity index (χ1n) is 11.7. The number of amides is 2. The van der Waals surface area contributed by atoms with E-state index in [1.807, 2.05) is 64.1 Å². The van der Waals surface area contributed by atoms with E-state index in [1.165, 1.54) is 6.08 Å². The van der Waals surface area contributed by atoms with Crippen LogP contribution in [0.1, 0.15) is 51.9 Å². The van der Waals surface area contributed by atoms with E-state index in [-0.39, 0.29) is 37.0 Å². The van der Waals surface area contributed by atoms with Gasteiger partial charge in [0.15, 0.2) is 0 Å². The first-order valence-corrected chi connectivity index (χ1v) is 11.7. The molecule has 0 bridgehead atoms. The SMILES string of the molecule is CCC(C)N(C(=O)Cn1c(CNC(=O)/C=C\c2ccccc2)nc2ccccc21)C(C)CC. The highest BCUT2D eigenvalue weighted by Gasteiger charge is 2.25. The Hall–Kier alpha value is -3.41. The summed E-state index contributed by atoms with van der Waals surface area (Å²) in [5, 5.41) is 2.91. The highest BCUT2D eigenvalue weighted by atomic mass is 16.2. The second kappa shape index (κ2) is 11.5. The number of benzene rings is 2. The molecular formula is C27H34N4O2. The molecule has 0 aliphatic heterocycles. The third kappa shape index (κ3) is 6.09. The number of para-hydroxylation sites is 2. The van der Waals surface area contributed by atoms with Crippen molar-refractivity contribution in [3.63, 3.8) is 0 Å². The maximum atomic E-state index is 13.4. The molecule has 6 heteroatoms. The molecule has 2 amide bonds. The minimum absolute atomic E-state index is 0.0680. The first kappa shape index (κ1) is 24.2. The average Bonchev–Trinajstić information content (AvgIpc) is 3.19. The van der Waals surface area contributed by atoms with Crippen LogP contribution in [0.4, 0.5) is 0 Å². The summed E-state index contributed by atoms with van der Waals surface area (Å²) in [4.78, 5) is 32.5. The molecule has 1 heterocycles. The fourth-order valence-corrected chi connectivity index (χ4v) is 3.93. The number of imidazole rings is 1. The Balaban J connectivity index is 1.80. The summed E-state index contributed by atoms with van der Waals surface area (Å²) in [6.45, 7) is 8.83. The van der Waals surface area contributed by atoms with Crippen molar-refractivity contribution in [1.82, 2.24) is 19.8 Å². The van der Waals surface area contributed by atoms with Gasteiger partial charge < -0.3 is 14.8 Å². The van der Waals surface area contributed by atoms with Gasteiger partial charge in [0.25, 0.3) is 0 Å². The fourth-order valence-electron chi connectivity index (χ4n) is 3.93. The lowest BCUT2D eigenvalue weighted by Crippen LogP contribution is -2.46. The van der Waals surface area contributed by atoms with Gasteiger partial charge in [0.1, 0.15) is 12.4 Å². The zero-order valence-corrected chi connectivity index (χ0v) is 20.0. The van der Waals surface area contributed by atoms with Crippen molar-refractivity contribution in [3.05, 3.63) is 72.1 Å². The van der Waals surface area contributed by atoms with Crippen LogP contribution in [0.25, 0.3) is 17.1 Å². The number of carbonyl (C=O) groups is 2. The Labute approximate surface area is 196 Å². The van der Waals surface area contributed by atoms with Gasteiger partial charge in [-0.15, -0.1) is 0 Å². The van der Waals surface area contributed by atoms with Crippen LogP contribution in [-0.2, 0) is 22.7 Å². The Morgan fingerprint density at radius 2 is 1.64 bits per heavy atom. The highest BCUT2D eigenvalue weighted by Crippen LogP contribution is 2.19. The molecule has 2 atom stereocenters. The van der Waals surface area contributed by atoms with Crippen molar-refractivity contribution < 1.29 is 9.59 Å². The zero-order valence-electron chi connectivity index (χ0n) is 20.0. The van der Waals surface area contributed by atoms with Gasteiger partial charge >= 0.3 is 0 Å². The molecule has 33 heavy (non-hydrogen) atoms. The van der Waals surface area contributed by atoms with E-state index >= 15 is 0 Å². The number of nitrogens with zero attached hydrogens (tertiary/aromatic N) is 3. The van der Waals surface area contributed by atoms with Crippen LogP contribution in [0.3, 0.4) is 0 Å².